The molecule has 6 nitrogen and oxygen atoms in total. The van der Waals surface area contributed by atoms with Crippen LogP contribution < -0.4 is 11.5 Å². The summed E-state index contributed by atoms with van der Waals surface area (Å²) < 4.78 is 0. The standard InChI is InChI=1S/C5H11N3.C4H9N3/c1-8-4-2-3-7-5(8)6;1-7-3-2-6-4(7)5/h2-4H2,1H3,(H2,6,7);2-3H2,1H3,(H2,5,6). The Bertz CT molecular complexity index is 259. The molecule has 4 N–H and O–H groups in total. The topological polar surface area (TPSA) is 83.2 Å². The molecule has 0 aromatic carbocycles. The van der Waals surface area contributed by atoms with Crippen molar-refractivity contribution in [1.82, 2.24) is 9.80 Å². The summed E-state index contributed by atoms with van der Waals surface area (Å²) in [5, 5.41) is 0. The van der Waals surface area contributed by atoms with Crippen molar-refractivity contribution in [3.63, 3.8) is 0 Å². The Balaban J connectivity index is 0.000000151. The van der Waals surface area contributed by atoms with Crippen LogP contribution in [0, 0.1) is 0 Å². The van der Waals surface area contributed by atoms with Gasteiger partial charge in [-0.1, -0.05) is 0 Å². The molecule has 0 bridgehead atoms. The Morgan fingerprint density at radius 2 is 1.47 bits per heavy atom. The summed E-state index contributed by atoms with van der Waals surface area (Å²) in [7, 11) is 3.89. The van der Waals surface area contributed by atoms with Crippen LogP contribution in [0.4, 0.5) is 0 Å². The van der Waals surface area contributed by atoms with E-state index in [0.717, 1.165) is 32.6 Å². The zero-order chi connectivity index (χ0) is 11.3. The first-order valence-corrected chi connectivity index (χ1v) is 5.13. The Kier molecular flexibility index (Phi) is 4.20. The third-order valence-corrected chi connectivity index (χ3v) is 2.42. The molecule has 0 aromatic heterocycles. The quantitative estimate of drug-likeness (QED) is 0.533. The van der Waals surface area contributed by atoms with E-state index < -0.39 is 0 Å². The largest absolute Gasteiger partial charge is 0.370 e. The minimum Gasteiger partial charge on any atom is -0.370 e. The van der Waals surface area contributed by atoms with Crippen molar-refractivity contribution in [2.75, 3.05) is 40.3 Å². The summed E-state index contributed by atoms with van der Waals surface area (Å²) in [6, 6.07) is 0. The van der Waals surface area contributed by atoms with Crippen molar-refractivity contribution in [3.8, 4) is 0 Å². The molecule has 2 rings (SSSR count). The molecule has 6 heteroatoms. The molecule has 0 spiro atoms. The van der Waals surface area contributed by atoms with Gasteiger partial charge < -0.3 is 21.3 Å². The molecule has 0 saturated heterocycles. The van der Waals surface area contributed by atoms with Crippen LogP contribution in [0.1, 0.15) is 6.42 Å². The highest BCUT2D eigenvalue weighted by Gasteiger charge is 2.05. The number of likely N-dealkylation sites (N-methyl/N-ethyl adjacent to an activating group) is 1. The highest BCUT2D eigenvalue weighted by Crippen LogP contribution is 1.94. The van der Waals surface area contributed by atoms with E-state index in [2.05, 4.69) is 9.98 Å². The van der Waals surface area contributed by atoms with Gasteiger partial charge in [0.15, 0.2) is 11.9 Å². The van der Waals surface area contributed by atoms with Crippen molar-refractivity contribution in [1.29, 1.82) is 0 Å². The van der Waals surface area contributed by atoms with E-state index in [1.54, 1.807) is 0 Å². The van der Waals surface area contributed by atoms with E-state index >= 15 is 0 Å². The number of hydrogen-bond acceptors (Lipinski definition) is 6. The summed E-state index contributed by atoms with van der Waals surface area (Å²) >= 11 is 0. The molecule has 0 fully saturated rings. The van der Waals surface area contributed by atoms with Gasteiger partial charge in [-0.2, -0.15) is 0 Å². The molecule has 2 aliphatic rings. The fraction of sp³-hybridized carbons (Fsp3) is 0.778. The second-order valence-corrected chi connectivity index (χ2v) is 3.68. The van der Waals surface area contributed by atoms with E-state index in [4.69, 9.17) is 11.5 Å². The van der Waals surface area contributed by atoms with Crippen molar-refractivity contribution in [2.45, 2.75) is 6.42 Å². The number of nitrogens with two attached hydrogens (primary N) is 2. The summed E-state index contributed by atoms with van der Waals surface area (Å²) in [6.45, 7) is 3.79. The molecule has 0 atom stereocenters. The zero-order valence-corrected chi connectivity index (χ0v) is 9.48. The second-order valence-electron chi connectivity index (χ2n) is 3.68. The predicted octanol–water partition coefficient (Wildman–Crippen LogP) is -1.12. The van der Waals surface area contributed by atoms with Crippen molar-refractivity contribution < 1.29 is 0 Å². The lowest BCUT2D eigenvalue weighted by molar-refractivity contribution is 0.461. The van der Waals surface area contributed by atoms with Crippen LogP contribution >= 0.6 is 0 Å². The van der Waals surface area contributed by atoms with Gasteiger partial charge in [-0.15, -0.1) is 0 Å². The molecule has 0 radical (unpaired) electrons. The molecule has 0 saturated carbocycles. The minimum atomic E-state index is 0.667. The molecule has 0 aromatic rings. The van der Waals surface area contributed by atoms with E-state index in [0.29, 0.717) is 11.9 Å². The van der Waals surface area contributed by atoms with Gasteiger partial charge in [0.1, 0.15) is 0 Å². The minimum absolute atomic E-state index is 0.667. The first-order chi connectivity index (χ1) is 7.11. The molecule has 15 heavy (non-hydrogen) atoms. The van der Waals surface area contributed by atoms with Crippen molar-refractivity contribution >= 4 is 11.9 Å². The van der Waals surface area contributed by atoms with Crippen LogP contribution in [0.25, 0.3) is 0 Å². The van der Waals surface area contributed by atoms with E-state index in [1.807, 2.05) is 23.9 Å². The van der Waals surface area contributed by atoms with Gasteiger partial charge in [0.25, 0.3) is 0 Å². The van der Waals surface area contributed by atoms with E-state index in [9.17, 15) is 0 Å². The third kappa shape index (κ3) is 3.65. The maximum absolute atomic E-state index is 5.45. The average molecular weight is 212 g/mol. The lowest BCUT2D eigenvalue weighted by atomic mass is 10.4. The molecule has 2 heterocycles. The van der Waals surface area contributed by atoms with Crippen LogP contribution in [0.15, 0.2) is 9.98 Å². The van der Waals surface area contributed by atoms with Crippen molar-refractivity contribution in [3.05, 3.63) is 0 Å². The molecule has 0 amide bonds. The number of rotatable bonds is 0. The molecule has 86 valence electrons. The molecule has 2 aliphatic heterocycles. The lowest BCUT2D eigenvalue weighted by Crippen LogP contribution is -2.37. The first kappa shape index (κ1) is 11.6. The van der Waals surface area contributed by atoms with Crippen LogP contribution in [0.2, 0.25) is 0 Å². The fourth-order valence-corrected chi connectivity index (χ4v) is 1.29. The van der Waals surface area contributed by atoms with E-state index in [-0.39, 0.29) is 0 Å². The van der Waals surface area contributed by atoms with Gasteiger partial charge in [-0.3, -0.25) is 9.98 Å². The van der Waals surface area contributed by atoms with E-state index in [1.165, 1.54) is 0 Å². The summed E-state index contributed by atoms with van der Waals surface area (Å²) in [5.74, 6) is 1.34. The predicted molar refractivity (Wildman–Crippen MR) is 62.9 cm³/mol. The van der Waals surface area contributed by atoms with Crippen LogP contribution in [0.3, 0.4) is 0 Å². The Labute approximate surface area is 90.6 Å². The van der Waals surface area contributed by atoms with Gasteiger partial charge in [0.2, 0.25) is 0 Å². The monoisotopic (exact) mass is 212 g/mol. The van der Waals surface area contributed by atoms with Crippen LogP contribution in [-0.2, 0) is 0 Å². The van der Waals surface area contributed by atoms with Gasteiger partial charge in [0.05, 0.1) is 6.54 Å². The summed E-state index contributed by atoms with van der Waals surface area (Å²) in [6.07, 6.45) is 1.14. The van der Waals surface area contributed by atoms with Crippen LogP contribution in [0.5, 0.6) is 0 Å². The Morgan fingerprint density at radius 1 is 0.933 bits per heavy atom. The van der Waals surface area contributed by atoms with Gasteiger partial charge in [0, 0.05) is 33.7 Å². The summed E-state index contributed by atoms with van der Waals surface area (Å²) in [4.78, 5) is 11.9. The third-order valence-electron chi connectivity index (χ3n) is 2.42. The Morgan fingerprint density at radius 3 is 1.73 bits per heavy atom. The number of aliphatic imine (C=N–C) groups is 2. The fourth-order valence-electron chi connectivity index (χ4n) is 1.29. The smallest absolute Gasteiger partial charge is 0.191 e. The average Bonchev–Trinajstić information content (AvgIpc) is 2.57. The molecule has 0 aliphatic carbocycles. The maximum atomic E-state index is 5.45. The Hall–Kier alpha value is -1.46. The SMILES string of the molecule is CN1CCCN=C1N.CN1CCN=C1N. The zero-order valence-electron chi connectivity index (χ0n) is 9.48. The number of nitrogens with zero attached hydrogens (tertiary/aromatic N) is 4. The van der Waals surface area contributed by atoms with Gasteiger partial charge >= 0.3 is 0 Å². The first-order valence-electron chi connectivity index (χ1n) is 5.13. The summed E-state index contributed by atoms with van der Waals surface area (Å²) in [5.41, 5.74) is 10.8. The normalized spacial score (nSPS) is 20.4. The molecular weight excluding hydrogens is 192 g/mol. The van der Waals surface area contributed by atoms with Crippen LogP contribution in [-0.4, -0.2) is 62.0 Å². The van der Waals surface area contributed by atoms with Gasteiger partial charge in [-0.25, -0.2) is 0 Å². The molecule has 0 unspecified atom stereocenters. The highest BCUT2D eigenvalue weighted by molar-refractivity contribution is 5.79. The maximum Gasteiger partial charge on any atom is 0.191 e. The number of guanidine groups is 2. The lowest BCUT2D eigenvalue weighted by Gasteiger charge is -2.20. The highest BCUT2D eigenvalue weighted by atomic mass is 15.3. The van der Waals surface area contributed by atoms with Crippen molar-refractivity contribution in [2.24, 2.45) is 21.5 Å². The molecular formula is C9H20N6. The second kappa shape index (κ2) is 5.43. The number of hydrogen-bond donors (Lipinski definition) is 2. The van der Waals surface area contributed by atoms with Gasteiger partial charge in [-0.05, 0) is 6.42 Å².